The highest BCUT2D eigenvalue weighted by molar-refractivity contribution is 5.97. The molecule has 0 bridgehead atoms. The highest BCUT2D eigenvalue weighted by Crippen LogP contribution is 2.28. The number of Topliss-reactive ketones (excluding diaryl/α,β-unsaturated/α-hetero) is 1. The Bertz CT molecular complexity index is 603. The quantitative estimate of drug-likeness (QED) is 0.580. The van der Waals surface area contributed by atoms with E-state index >= 15 is 0 Å². The van der Waals surface area contributed by atoms with Crippen LogP contribution in [-0.2, 0) is 0 Å². The standard InChI is InChI=1S/C17H16O3/c1-3-11-19-17-10-9-15(12-16(17)13(2)18)20-14-7-5-4-6-8-14/h3-10,12H,1,11H2,2H3. The van der Waals surface area contributed by atoms with Gasteiger partial charge in [-0.1, -0.05) is 30.9 Å². The monoisotopic (exact) mass is 268 g/mol. The van der Waals surface area contributed by atoms with Crippen molar-refractivity contribution in [3.05, 3.63) is 66.7 Å². The summed E-state index contributed by atoms with van der Waals surface area (Å²) in [5.74, 6) is 1.80. The van der Waals surface area contributed by atoms with E-state index in [1.165, 1.54) is 6.92 Å². The van der Waals surface area contributed by atoms with E-state index in [0.29, 0.717) is 23.7 Å². The third-order valence-corrected chi connectivity index (χ3v) is 2.67. The second-order valence-corrected chi connectivity index (χ2v) is 4.23. The van der Waals surface area contributed by atoms with Gasteiger partial charge in [0.2, 0.25) is 0 Å². The summed E-state index contributed by atoms with van der Waals surface area (Å²) in [6.45, 7) is 5.45. The molecule has 2 aromatic carbocycles. The Labute approximate surface area is 118 Å². The Hall–Kier alpha value is -2.55. The molecular weight excluding hydrogens is 252 g/mol. The van der Waals surface area contributed by atoms with Crippen molar-refractivity contribution in [2.24, 2.45) is 0 Å². The van der Waals surface area contributed by atoms with Gasteiger partial charge in [0.25, 0.3) is 0 Å². The molecule has 3 nitrogen and oxygen atoms in total. The molecule has 0 unspecified atom stereocenters. The van der Waals surface area contributed by atoms with Crippen LogP contribution in [0.25, 0.3) is 0 Å². The first kappa shape index (κ1) is 13.9. The van der Waals surface area contributed by atoms with Crippen LogP contribution in [0.15, 0.2) is 61.2 Å². The van der Waals surface area contributed by atoms with E-state index < -0.39 is 0 Å². The molecule has 0 spiro atoms. The van der Waals surface area contributed by atoms with Crippen LogP contribution in [0.1, 0.15) is 17.3 Å². The molecule has 0 atom stereocenters. The molecule has 0 radical (unpaired) electrons. The zero-order chi connectivity index (χ0) is 14.4. The van der Waals surface area contributed by atoms with E-state index in [-0.39, 0.29) is 5.78 Å². The molecule has 0 N–H and O–H groups in total. The summed E-state index contributed by atoms with van der Waals surface area (Å²) in [6.07, 6.45) is 1.64. The van der Waals surface area contributed by atoms with E-state index in [1.807, 2.05) is 30.3 Å². The summed E-state index contributed by atoms with van der Waals surface area (Å²) >= 11 is 0. The minimum absolute atomic E-state index is 0.0671. The summed E-state index contributed by atoms with van der Waals surface area (Å²) < 4.78 is 11.2. The van der Waals surface area contributed by atoms with E-state index in [2.05, 4.69) is 6.58 Å². The van der Waals surface area contributed by atoms with Gasteiger partial charge in [-0.05, 0) is 37.3 Å². The minimum atomic E-state index is -0.0671. The molecular formula is C17H16O3. The largest absolute Gasteiger partial charge is 0.489 e. The molecule has 20 heavy (non-hydrogen) atoms. The molecule has 0 heterocycles. The molecule has 0 saturated carbocycles. The van der Waals surface area contributed by atoms with E-state index in [0.717, 1.165) is 5.75 Å². The fraction of sp³-hybridized carbons (Fsp3) is 0.118. The first-order chi connectivity index (χ1) is 9.70. The van der Waals surface area contributed by atoms with Gasteiger partial charge < -0.3 is 9.47 Å². The van der Waals surface area contributed by atoms with Crippen LogP contribution in [0.3, 0.4) is 0 Å². The first-order valence-corrected chi connectivity index (χ1v) is 6.32. The topological polar surface area (TPSA) is 35.5 Å². The van der Waals surface area contributed by atoms with Gasteiger partial charge in [0.1, 0.15) is 23.9 Å². The van der Waals surface area contributed by atoms with Crippen LogP contribution in [0.5, 0.6) is 17.2 Å². The van der Waals surface area contributed by atoms with Gasteiger partial charge in [-0.15, -0.1) is 0 Å². The lowest BCUT2D eigenvalue weighted by Crippen LogP contribution is -2.01. The third-order valence-electron chi connectivity index (χ3n) is 2.67. The van der Waals surface area contributed by atoms with Crippen molar-refractivity contribution in [2.75, 3.05) is 6.61 Å². The smallest absolute Gasteiger partial charge is 0.163 e. The first-order valence-electron chi connectivity index (χ1n) is 6.32. The molecule has 2 aromatic rings. The maximum Gasteiger partial charge on any atom is 0.163 e. The minimum Gasteiger partial charge on any atom is -0.489 e. The van der Waals surface area contributed by atoms with Crippen LogP contribution >= 0.6 is 0 Å². The van der Waals surface area contributed by atoms with Crippen LogP contribution in [0.2, 0.25) is 0 Å². The molecule has 102 valence electrons. The predicted octanol–water partition coefficient (Wildman–Crippen LogP) is 4.25. The molecule has 0 aromatic heterocycles. The number of rotatable bonds is 6. The number of benzene rings is 2. The molecule has 0 aliphatic rings. The van der Waals surface area contributed by atoms with E-state index in [1.54, 1.807) is 24.3 Å². The third kappa shape index (κ3) is 3.48. The van der Waals surface area contributed by atoms with Crippen molar-refractivity contribution < 1.29 is 14.3 Å². The maximum atomic E-state index is 11.7. The van der Waals surface area contributed by atoms with Crippen molar-refractivity contribution in [1.82, 2.24) is 0 Å². The number of hydrogen-bond acceptors (Lipinski definition) is 3. The summed E-state index contributed by atoms with van der Waals surface area (Å²) in [5.41, 5.74) is 0.500. The lowest BCUT2D eigenvalue weighted by atomic mass is 10.1. The molecule has 3 heteroatoms. The maximum absolute atomic E-state index is 11.7. The zero-order valence-corrected chi connectivity index (χ0v) is 11.3. The Morgan fingerprint density at radius 2 is 1.90 bits per heavy atom. The summed E-state index contributed by atoms with van der Waals surface area (Å²) in [7, 11) is 0. The van der Waals surface area contributed by atoms with Gasteiger partial charge in [-0.2, -0.15) is 0 Å². The number of para-hydroxylation sites is 1. The van der Waals surface area contributed by atoms with E-state index in [4.69, 9.17) is 9.47 Å². The average molecular weight is 268 g/mol. The van der Waals surface area contributed by atoms with Crippen LogP contribution in [0.4, 0.5) is 0 Å². The van der Waals surface area contributed by atoms with Crippen molar-refractivity contribution >= 4 is 5.78 Å². The number of ketones is 1. The fourth-order valence-electron chi connectivity index (χ4n) is 1.75. The molecule has 0 aliphatic carbocycles. The average Bonchev–Trinajstić information content (AvgIpc) is 2.47. The summed E-state index contributed by atoms with van der Waals surface area (Å²) in [4.78, 5) is 11.7. The lowest BCUT2D eigenvalue weighted by Gasteiger charge is -2.11. The van der Waals surface area contributed by atoms with Crippen molar-refractivity contribution in [2.45, 2.75) is 6.92 Å². The Morgan fingerprint density at radius 3 is 2.55 bits per heavy atom. The number of hydrogen-bond donors (Lipinski definition) is 0. The highest BCUT2D eigenvalue weighted by Gasteiger charge is 2.10. The fourth-order valence-corrected chi connectivity index (χ4v) is 1.75. The molecule has 0 aliphatic heterocycles. The van der Waals surface area contributed by atoms with Crippen LogP contribution < -0.4 is 9.47 Å². The Balaban J connectivity index is 2.25. The SMILES string of the molecule is C=CCOc1ccc(Oc2ccccc2)cc1C(C)=O. The van der Waals surface area contributed by atoms with Gasteiger partial charge in [0.05, 0.1) is 5.56 Å². The van der Waals surface area contributed by atoms with Crippen LogP contribution in [-0.4, -0.2) is 12.4 Å². The number of carbonyl (C=O) groups is 1. The van der Waals surface area contributed by atoms with Crippen LogP contribution in [0, 0.1) is 0 Å². The zero-order valence-electron chi connectivity index (χ0n) is 11.3. The summed E-state index contributed by atoms with van der Waals surface area (Å²) in [6, 6.07) is 14.6. The molecule has 0 fully saturated rings. The van der Waals surface area contributed by atoms with Crippen molar-refractivity contribution in [1.29, 1.82) is 0 Å². The van der Waals surface area contributed by atoms with Gasteiger partial charge in [0.15, 0.2) is 5.78 Å². The number of ether oxygens (including phenoxy) is 2. The van der Waals surface area contributed by atoms with Gasteiger partial charge in [0, 0.05) is 0 Å². The van der Waals surface area contributed by atoms with Gasteiger partial charge >= 0.3 is 0 Å². The van der Waals surface area contributed by atoms with Gasteiger partial charge in [-0.3, -0.25) is 4.79 Å². The molecule has 0 saturated heterocycles. The number of carbonyl (C=O) groups excluding carboxylic acids is 1. The normalized spacial score (nSPS) is 9.85. The van der Waals surface area contributed by atoms with E-state index in [9.17, 15) is 4.79 Å². The Morgan fingerprint density at radius 1 is 1.15 bits per heavy atom. The summed E-state index contributed by atoms with van der Waals surface area (Å²) in [5, 5.41) is 0. The Kier molecular flexibility index (Phi) is 4.56. The highest BCUT2D eigenvalue weighted by atomic mass is 16.5. The van der Waals surface area contributed by atoms with Crippen molar-refractivity contribution in [3.63, 3.8) is 0 Å². The second kappa shape index (κ2) is 6.57. The second-order valence-electron chi connectivity index (χ2n) is 4.23. The molecule has 2 rings (SSSR count). The van der Waals surface area contributed by atoms with Gasteiger partial charge in [-0.25, -0.2) is 0 Å². The predicted molar refractivity (Wildman–Crippen MR) is 78.7 cm³/mol. The van der Waals surface area contributed by atoms with Crippen molar-refractivity contribution in [3.8, 4) is 17.2 Å². The lowest BCUT2D eigenvalue weighted by molar-refractivity contribution is 0.101. The molecule has 0 amide bonds.